The number of methoxy groups -OCH3 is 1. The van der Waals surface area contributed by atoms with E-state index in [1.807, 2.05) is 18.2 Å². The Labute approximate surface area is 127 Å². The van der Waals surface area contributed by atoms with Crippen molar-refractivity contribution in [1.82, 2.24) is 0 Å². The van der Waals surface area contributed by atoms with Gasteiger partial charge in [-0.3, -0.25) is 0 Å². The highest BCUT2D eigenvalue weighted by atomic mass is 35.5. The predicted octanol–water partition coefficient (Wildman–Crippen LogP) is 3.94. The SMILES string of the molecule is CCC(CC)N(CCOC)c1ccc(CCl)cc1C#N. The molecule has 0 aromatic heterocycles. The molecule has 1 aromatic rings. The highest BCUT2D eigenvalue weighted by Gasteiger charge is 2.18. The van der Waals surface area contributed by atoms with Gasteiger partial charge in [0.2, 0.25) is 0 Å². The molecule has 110 valence electrons. The summed E-state index contributed by atoms with van der Waals surface area (Å²) < 4.78 is 5.21. The molecule has 0 aliphatic heterocycles. The number of anilines is 1. The van der Waals surface area contributed by atoms with Gasteiger partial charge < -0.3 is 9.64 Å². The van der Waals surface area contributed by atoms with Gasteiger partial charge in [0.15, 0.2) is 0 Å². The number of halogens is 1. The summed E-state index contributed by atoms with van der Waals surface area (Å²) in [5, 5.41) is 9.39. The summed E-state index contributed by atoms with van der Waals surface area (Å²) in [5.74, 6) is 0.429. The van der Waals surface area contributed by atoms with Crippen molar-refractivity contribution in [2.75, 3.05) is 25.2 Å². The van der Waals surface area contributed by atoms with Gasteiger partial charge in [0.05, 0.1) is 17.9 Å². The van der Waals surface area contributed by atoms with E-state index in [9.17, 15) is 5.26 Å². The largest absolute Gasteiger partial charge is 0.383 e. The summed E-state index contributed by atoms with van der Waals surface area (Å²) in [5.41, 5.74) is 2.64. The summed E-state index contributed by atoms with van der Waals surface area (Å²) in [4.78, 5) is 2.28. The Balaban J connectivity index is 3.15. The zero-order valence-electron chi connectivity index (χ0n) is 12.5. The smallest absolute Gasteiger partial charge is 0.101 e. The predicted molar refractivity (Wildman–Crippen MR) is 84.3 cm³/mol. The maximum Gasteiger partial charge on any atom is 0.101 e. The summed E-state index contributed by atoms with van der Waals surface area (Å²) in [6.45, 7) is 5.79. The average molecular weight is 295 g/mol. The number of alkyl halides is 1. The van der Waals surface area contributed by atoms with Crippen molar-refractivity contribution < 1.29 is 4.74 Å². The van der Waals surface area contributed by atoms with E-state index < -0.39 is 0 Å². The topological polar surface area (TPSA) is 36.3 Å². The van der Waals surface area contributed by atoms with E-state index in [1.165, 1.54) is 0 Å². The number of rotatable bonds is 8. The molecule has 0 bridgehead atoms. The lowest BCUT2D eigenvalue weighted by atomic mass is 10.0. The lowest BCUT2D eigenvalue weighted by Gasteiger charge is -2.33. The van der Waals surface area contributed by atoms with Gasteiger partial charge in [0, 0.05) is 25.6 Å². The first-order valence-electron chi connectivity index (χ1n) is 7.06. The highest BCUT2D eigenvalue weighted by Crippen LogP contribution is 2.26. The van der Waals surface area contributed by atoms with Gasteiger partial charge in [-0.15, -0.1) is 11.6 Å². The number of nitrogens with zero attached hydrogens (tertiary/aromatic N) is 2. The molecule has 20 heavy (non-hydrogen) atoms. The molecule has 3 nitrogen and oxygen atoms in total. The molecule has 4 heteroatoms. The molecule has 0 radical (unpaired) electrons. The third-order valence-electron chi connectivity index (χ3n) is 3.56. The van der Waals surface area contributed by atoms with E-state index in [4.69, 9.17) is 16.3 Å². The first kappa shape index (κ1) is 16.8. The Morgan fingerprint density at radius 3 is 2.55 bits per heavy atom. The molecule has 0 spiro atoms. The second kappa shape index (κ2) is 8.84. The molecule has 0 unspecified atom stereocenters. The van der Waals surface area contributed by atoms with Crippen LogP contribution in [0.1, 0.15) is 37.8 Å². The number of ether oxygens (including phenoxy) is 1. The molecule has 0 fully saturated rings. The Morgan fingerprint density at radius 1 is 1.35 bits per heavy atom. The number of hydrogen-bond acceptors (Lipinski definition) is 3. The quantitative estimate of drug-likeness (QED) is 0.681. The monoisotopic (exact) mass is 294 g/mol. The molecule has 0 atom stereocenters. The molecule has 0 amide bonds. The van der Waals surface area contributed by atoms with Gasteiger partial charge in [-0.1, -0.05) is 19.9 Å². The van der Waals surface area contributed by atoms with Gasteiger partial charge in [0.25, 0.3) is 0 Å². The minimum atomic E-state index is 0.416. The number of hydrogen-bond donors (Lipinski definition) is 0. The van der Waals surface area contributed by atoms with Crippen LogP contribution in [-0.4, -0.2) is 26.3 Å². The summed E-state index contributed by atoms with van der Waals surface area (Å²) >= 11 is 5.85. The number of nitriles is 1. The molecule has 1 aromatic carbocycles. The molecule has 0 aliphatic rings. The molecule has 0 aliphatic carbocycles. The Bertz CT molecular complexity index is 452. The van der Waals surface area contributed by atoms with Crippen molar-refractivity contribution in [3.05, 3.63) is 29.3 Å². The van der Waals surface area contributed by atoms with Crippen LogP contribution in [0.2, 0.25) is 0 Å². The molecule has 0 saturated heterocycles. The van der Waals surface area contributed by atoms with E-state index in [-0.39, 0.29) is 0 Å². The van der Waals surface area contributed by atoms with Crippen molar-refractivity contribution in [3.63, 3.8) is 0 Å². The third-order valence-corrected chi connectivity index (χ3v) is 3.87. The maximum absolute atomic E-state index is 9.39. The van der Waals surface area contributed by atoms with Crippen molar-refractivity contribution in [3.8, 4) is 6.07 Å². The molecule has 0 saturated carbocycles. The summed E-state index contributed by atoms with van der Waals surface area (Å²) in [6, 6.07) is 8.58. The van der Waals surface area contributed by atoms with Crippen LogP contribution in [0, 0.1) is 11.3 Å². The van der Waals surface area contributed by atoms with Gasteiger partial charge in [-0.25, -0.2) is 0 Å². The van der Waals surface area contributed by atoms with Crippen molar-refractivity contribution in [2.45, 2.75) is 38.6 Å². The van der Waals surface area contributed by atoms with Crippen molar-refractivity contribution >= 4 is 17.3 Å². The van der Waals surface area contributed by atoms with E-state index in [0.29, 0.717) is 24.1 Å². The Morgan fingerprint density at radius 2 is 2.05 bits per heavy atom. The molecule has 1 rings (SSSR count). The van der Waals surface area contributed by atoms with Gasteiger partial charge >= 0.3 is 0 Å². The fourth-order valence-electron chi connectivity index (χ4n) is 2.43. The van der Waals surface area contributed by atoms with Crippen LogP contribution >= 0.6 is 11.6 Å². The molecule has 0 heterocycles. The lowest BCUT2D eigenvalue weighted by molar-refractivity contribution is 0.202. The minimum absolute atomic E-state index is 0.416. The zero-order valence-corrected chi connectivity index (χ0v) is 13.3. The van der Waals surface area contributed by atoms with Crippen LogP contribution in [0.15, 0.2) is 18.2 Å². The van der Waals surface area contributed by atoms with Crippen LogP contribution in [0.5, 0.6) is 0 Å². The van der Waals surface area contributed by atoms with E-state index in [0.717, 1.165) is 30.6 Å². The maximum atomic E-state index is 9.39. The summed E-state index contributed by atoms with van der Waals surface area (Å²) in [6.07, 6.45) is 2.09. The van der Waals surface area contributed by atoms with Gasteiger partial charge in [-0.2, -0.15) is 5.26 Å². The second-order valence-corrected chi connectivity index (χ2v) is 5.02. The van der Waals surface area contributed by atoms with Crippen LogP contribution in [0.3, 0.4) is 0 Å². The third kappa shape index (κ3) is 4.13. The fraction of sp³-hybridized carbons (Fsp3) is 0.562. The highest BCUT2D eigenvalue weighted by molar-refractivity contribution is 6.17. The summed E-state index contributed by atoms with van der Waals surface area (Å²) in [7, 11) is 1.70. The standard InChI is InChI=1S/C16H23ClN2O/c1-4-15(5-2)19(8-9-20-3)16-7-6-13(11-17)10-14(16)12-18/h6-7,10,15H,4-5,8-9,11H2,1-3H3. The van der Waals surface area contributed by atoms with Crippen LogP contribution < -0.4 is 4.90 Å². The van der Waals surface area contributed by atoms with E-state index in [1.54, 1.807) is 7.11 Å². The van der Waals surface area contributed by atoms with Crippen LogP contribution in [-0.2, 0) is 10.6 Å². The first-order valence-corrected chi connectivity index (χ1v) is 7.59. The van der Waals surface area contributed by atoms with Gasteiger partial charge in [0.1, 0.15) is 6.07 Å². The fourth-order valence-corrected chi connectivity index (χ4v) is 2.59. The first-order chi connectivity index (χ1) is 9.71. The Kier molecular flexibility index (Phi) is 7.43. The van der Waals surface area contributed by atoms with Crippen molar-refractivity contribution in [1.29, 1.82) is 5.26 Å². The van der Waals surface area contributed by atoms with Crippen LogP contribution in [0.4, 0.5) is 5.69 Å². The lowest BCUT2D eigenvalue weighted by Crippen LogP contribution is -2.37. The average Bonchev–Trinajstić information content (AvgIpc) is 2.51. The van der Waals surface area contributed by atoms with Gasteiger partial charge in [-0.05, 0) is 30.5 Å². The zero-order chi connectivity index (χ0) is 15.0. The van der Waals surface area contributed by atoms with Crippen molar-refractivity contribution in [2.24, 2.45) is 0 Å². The molecular weight excluding hydrogens is 272 g/mol. The normalized spacial score (nSPS) is 10.6. The van der Waals surface area contributed by atoms with E-state index >= 15 is 0 Å². The van der Waals surface area contributed by atoms with E-state index in [2.05, 4.69) is 24.8 Å². The molecular formula is C16H23ClN2O. The van der Waals surface area contributed by atoms with Crippen LogP contribution in [0.25, 0.3) is 0 Å². The minimum Gasteiger partial charge on any atom is -0.383 e. The Hall–Kier alpha value is -1.24. The second-order valence-electron chi connectivity index (χ2n) is 4.75. The number of benzene rings is 1. The molecule has 0 N–H and O–H groups in total.